The monoisotopic (exact) mass is 460 g/mol. The van der Waals surface area contributed by atoms with E-state index in [0.29, 0.717) is 24.9 Å². The maximum Gasteiger partial charge on any atom is 0.214 e. The number of aryl methyl sites for hydroxylation is 2. The fourth-order valence-electron chi connectivity index (χ4n) is 2.32. The highest BCUT2D eigenvalue weighted by atomic mass is 127. The molecule has 0 saturated carbocycles. The Morgan fingerprint density at radius 3 is 2.68 bits per heavy atom. The molecule has 2 heterocycles. The molecule has 0 aliphatic carbocycles. The molecular formula is C17H29IN6O. The van der Waals surface area contributed by atoms with Crippen LogP contribution in [-0.4, -0.2) is 27.0 Å². The highest BCUT2D eigenvalue weighted by Crippen LogP contribution is 2.08. The summed E-state index contributed by atoms with van der Waals surface area (Å²) in [6.45, 7) is 13.0. The predicted molar refractivity (Wildman–Crippen MR) is 110 cm³/mol. The number of nitrogens with one attached hydrogen (secondary N) is 2. The van der Waals surface area contributed by atoms with Gasteiger partial charge in [-0.15, -0.1) is 24.0 Å². The average molecular weight is 460 g/mol. The third-order valence-corrected chi connectivity index (χ3v) is 3.57. The van der Waals surface area contributed by atoms with Gasteiger partial charge in [0.05, 0.1) is 12.2 Å². The lowest BCUT2D eigenvalue weighted by atomic mass is 10.2. The van der Waals surface area contributed by atoms with Gasteiger partial charge < -0.3 is 19.6 Å². The van der Waals surface area contributed by atoms with Gasteiger partial charge in [-0.3, -0.25) is 0 Å². The van der Waals surface area contributed by atoms with Crippen LogP contribution < -0.4 is 10.6 Å². The highest BCUT2D eigenvalue weighted by molar-refractivity contribution is 14.0. The summed E-state index contributed by atoms with van der Waals surface area (Å²) in [6.07, 6.45) is 3.83. The first kappa shape index (κ1) is 21.5. The summed E-state index contributed by atoms with van der Waals surface area (Å²) in [5.74, 6) is 3.78. The molecule has 0 atom stereocenters. The first-order chi connectivity index (χ1) is 11.5. The summed E-state index contributed by atoms with van der Waals surface area (Å²) in [5.41, 5.74) is 0.921. The molecule has 2 N–H and O–H groups in total. The predicted octanol–water partition coefficient (Wildman–Crippen LogP) is 3.02. The van der Waals surface area contributed by atoms with Crippen molar-refractivity contribution in [2.45, 2.75) is 54.3 Å². The Morgan fingerprint density at radius 2 is 2.08 bits per heavy atom. The first-order valence-electron chi connectivity index (χ1n) is 8.44. The zero-order valence-corrected chi connectivity index (χ0v) is 18.0. The zero-order chi connectivity index (χ0) is 17.5. The van der Waals surface area contributed by atoms with E-state index in [1.165, 1.54) is 0 Å². The maximum absolute atomic E-state index is 5.58. The Balaban J connectivity index is 0.00000312. The number of rotatable bonds is 7. The van der Waals surface area contributed by atoms with Crippen LogP contribution in [0.15, 0.2) is 21.8 Å². The van der Waals surface area contributed by atoms with Crippen molar-refractivity contribution in [1.82, 2.24) is 25.2 Å². The molecule has 2 aromatic heterocycles. The summed E-state index contributed by atoms with van der Waals surface area (Å²) in [4.78, 5) is 13.4. The minimum Gasteiger partial charge on any atom is -0.444 e. The molecule has 0 amide bonds. The number of hydrogen-bond acceptors (Lipinski definition) is 4. The molecule has 140 valence electrons. The summed E-state index contributed by atoms with van der Waals surface area (Å²) in [5, 5.41) is 6.48. The van der Waals surface area contributed by atoms with Crippen molar-refractivity contribution in [3.8, 4) is 0 Å². The van der Waals surface area contributed by atoms with E-state index < -0.39 is 0 Å². The minimum absolute atomic E-state index is 0. The average Bonchev–Trinajstić information content (AvgIpc) is 3.08. The molecule has 0 saturated heterocycles. The Morgan fingerprint density at radius 1 is 1.32 bits per heavy atom. The Kier molecular flexibility index (Phi) is 8.95. The van der Waals surface area contributed by atoms with Gasteiger partial charge in [-0.05, 0) is 26.7 Å². The molecular weight excluding hydrogens is 431 g/mol. The molecule has 0 spiro atoms. The number of oxazole rings is 1. The molecule has 0 radical (unpaired) electrons. The number of nitrogens with zero attached hydrogens (tertiary/aromatic N) is 4. The van der Waals surface area contributed by atoms with Crippen LogP contribution in [0.2, 0.25) is 0 Å². The van der Waals surface area contributed by atoms with Crippen LogP contribution in [-0.2, 0) is 19.6 Å². The summed E-state index contributed by atoms with van der Waals surface area (Å²) in [7, 11) is 0. The van der Waals surface area contributed by atoms with E-state index in [4.69, 9.17) is 4.42 Å². The molecule has 7 nitrogen and oxygen atoms in total. The number of hydrogen-bond donors (Lipinski definition) is 2. The molecule has 8 heteroatoms. The number of imidazole rings is 1. The van der Waals surface area contributed by atoms with Crippen molar-refractivity contribution in [2.24, 2.45) is 10.9 Å². The molecule has 0 aromatic carbocycles. The van der Waals surface area contributed by atoms with E-state index >= 15 is 0 Å². The second-order valence-electron chi connectivity index (χ2n) is 6.19. The second kappa shape index (κ2) is 10.4. The lowest BCUT2D eigenvalue weighted by Gasteiger charge is -2.11. The Hall–Kier alpha value is -1.58. The van der Waals surface area contributed by atoms with Crippen LogP contribution in [0.5, 0.6) is 0 Å². The van der Waals surface area contributed by atoms with Crippen LogP contribution in [0, 0.1) is 19.8 Å². The quantitative estimate of drug-likeness (QED) is 0.377. The second-order valence-corrected chi connectivity index (χ2v) is 6.19. The van der Waals surface area contributed by atoms with Gasteiger partial charge in [0.1, 0.15) is 18.1 Å². The third-order valence-electron chi connectivity index (χ3n) is 3.57. The van der Waals surface area contributed by atoms with Gasteiger partial charge in [0.15, 0.2) is 5.96 Å². The van der Waals surface area contributed by atoms with Gasteiger partial charge in [0, 0.05) is 25.5 Å². The van der Waals surface area contributed by atoms with Crippen molar-refractivity contribution in [2.75, 3.05) is 6.54 Å². The zero-order valence-electron chi connectivity index (χ0n) is 15.7. The van der Waals surface area contributed by atoms with E-state index in [2.05, 4.69) is 44.0 Å². The fourth-order valence-corrected chi connectivity index (χ4v) is 2.32. The minimum atomic E-state index is 0. The molecule has 0 aliphatic rings. The number of aliphatic imine (C=N–C) groups is 1. The summed E-state index contributed by atoms with van der Waals surface area (Å²) >= 11 is 0. The highest BCUT2D eigenvalue weighted by Gasteiger charge is 2.08. The van der Waals surface area contributed by atoms with Crippen LogP contribution in [0.3, 0.4) is 0 Å². The molecule has 0 aliphatic heterocycles. The van der Waals surface area contributed by atoms with Crippen molar-refractivity contribution in [1.29, 1.82) is 0 Å². The van der Waals surface area contributed by atoms with E-state index in [0.717, 1.165) is 36.3 Å². The number of guanidine groups is 1. The van der Waals surface area contributed by atoms with E-state index in [1.54, 1.807) is 0 Å². The summed E-state index contributed by atoms with van der Waals surface area (Å²) < 4.78 is 7.73. The van der Waals surface area contributed by atoms with E-state index in [1.807, 2.05) is 33.2 Å². The van der Waals surface area contributed by atoms with Crippen molar-refractivity contribution >= 4 is 29.9 Å². The molecule has 2 rings (SSSR count). The van der Waals surface area contributed by atoms with Crippen LogP contribution in [0.4, 0.5) is 0 Å². The fraction of sp³-hybridized carbons (Fsp3) is 0.588. The maximum atomic E-state index is 5.58. The Bertz CT molecular complexity index is 657. The number of halogens is 1. The molecule has 0 fully saturated rings. The third kappa shape index (κ3) is 6.68. The standard InChI is InChI=1S/C17H28N6O.HI/c1-6-18-17(21-10-16-22-13(4)14(5)24-16)20-9-15-19-7-8-23(15)11-12(2)3;/h7-8,12H,6,9-11H2,1-5H3,(H2,18,20,21);1H. The van der Waals surface area contributed by atoms with Crippen molar-refractivity contribution in [3.05, 3.63) is 35.6 Å². The Labute approximate surface area is 166 Å². The van der Waals surface area contributed by atoms with Gasteiger partial charge in [-0.1, -0.05) is 13.8 Å². The number of aromatic nitrogens is 3. The van der Waals surface area contributed by atoms with Crippen LogP contribution >= 0.6 is 24.0 Å². The normalized spacial score (nSPS) is 11.5. The van der Waals surface area contributed by atoms with Gasteiger partial charge in [-0.2, -0.15) is 0 Å². The van der Waals surface area contributed by atoms with Crippen molar-refractivity contribution in [3.63, 3.8) is 0 Å². The van der Waals surface area contributed by atoms with Gasteiger partial charge in [-0.25, -0.2) is 15.0 Å². The first-order valence-corrected chi connectivity index (χ1v) is 8.44. The molecule has 25 heavy (non-hydrogen) atoms. The molecule has 0 bridgehead atoms. The summed E-state index contributed by atoms with van der Waals surface area (Å²) in [6, 6.07) is 0. The van der Waals surface area contributed by atoms with Crippen molar-refractivity contribution < 1.29 is 4.42 Å². The van der Waals surface area contributed by atoms with Crippen LogP contribution in [0.1, 0.15) is 43.9 Å². The largest absolute Gasteiger partial charge is 0.444 e. The topological polar surface area (TPSA) is 80.3 Å². The van der Waals surface area contributed by atoms with Gasteiger partial charge in [0.25, 0.3) is 0 Å². The molecule has 2 aromatic rings. The lowest BCUT2D eigenvalue weighted by Crippen LogP contribution is -2.37. The smallest absolute Gasteiger partial charge is 0.214 e. The molecule has 0 unspecified atom stereocenters. The van der Waals surface area contributed by atoms with Crippen LogP contribution in [0.25, 0.3) is 0 Å². The van der Waals surface area contributed by atoms with E-state index in [-0.39, 0.29) is 24.0 Å². The van der Waals surface area contributed by atoms with Gasteiger partial charge >= 0.3 is 0 Å². The lowest BCUT2D eigenvalue weighted by molar-refractivity contribution is 0.463. The van der Waals surface area contributed by atoms with Gasteiger partial charge in [0.2, 0.25) is 5.89 Å². The van der Waals surface area contributed by atoms with E-state index in [9.17, 15) is 0 Å². The SMILES string of the molecule is CCNC(=NCc1nccn1CC(C)C)NCc1nc(C)c(C)o1.I.